The predicted molar refractivity (Wildman–Crippen MR) is 64.0 cm³/mol. The molecule has 0 fully saturated rings. The van der Waals surface area contributed by atoms with Gasteiger partial charge in [-0.15, -0.1) is 0 Å². The second-order valence-electron chi connectivity index (χ2n) is 3.99. The Morgan fingerprint density at radius 3 is 2.65 bits per heavy atom. The van der Waals surface area contributed by atoms with Crippen LogP contribution in [0.25, 0.3) is 0 Å². The van der Waals surface area contributed by atoms with Gasteiger partial charge in [-0.25, -0.2) is 0 Å². The number of benzene rings is 1. The molecule has 0 radical (unpaired) electrons. The lowest BCUT2D eigenvalue weighted by molar-refractivity contribution is 0.0828. The lowest BCUT2D eigenvalue weighted by Crippen LogP contribution is -2.36. The van der Waals surface area contributed by atoms with Gasteiger partial charge >= 0.3 is 0 Å². The van der Waals surface area contributed by atoms with Crippen LogP contribution in [-0.2, 0) is 4.74 Å². The minimum Gasteiger partial charge on any atom is -0.486 e. The predicted octanol–water partition coefficient (Wildman–Crippen LogP) is 0.997. The van der Waals surface area contributed by atoms with E-state index in [4.69, 9.17) is 20.1 Å². The Labute approximate surface area is 101 Å². The second-order valence-corrected chi connectivity index (χ2v) is 3.99. The van der Waals surface area contributed by atoms with Gasteiger partial charge in [0, 0.05) is 7.11 Å². The molecule has 0 saturated carbocycles. The highest BCUT2D eigenvalue weighted by Crippen LogP contribution is 2.33. The number of rotatable bonds is 4. The van der Waals surface area contributed by atoms with Gasteiger partial charge in [0.25, 0.3) is 0 Å². The quantitative estimate of drug-likeness (QED) is 0.605. The molecule has 1 aliphatic rings. The first-order chi connectivity index (χ1) is 8.26. The molecule has 0 amide bonds. The first-order valence-electron chi connectivity index (χ1n) is 5.64. The number of ether oxygens (including phenoxy) is 3. The zero-order valence-corrected chi connectivity index (χ0v) is 10.1. The molecule has 2 rings (SSSR count). The van der Waals surface area contributed by atoms with Crippen molar-refractivity contribution in [1.82, 2.24) is 5.43 Å². The van der Waals surface area contributed by atoms with E-state index in [-0.39, 0.29) is 12.1 Å². The SMILES string of the molecule is COC(C)C(NN)c1ccc2c(c1)OCCO2. The van der Waals surface area contributed by atoms with Crippen molar-refractivity contribution in [1.29, 1.82) is 0 Å². The van der Waals surface area contributed by atoms with Crippen molar-refractivity contribution in [2.75, 3.05) is 20.3 Å². The monoisotopic (exact) mass is 238 g/mol. The molecule has 1 aromatic rings. The molecule has 2 unspecified atom stereocenters. The van der Waals surface area contributed by atoms with Gasteiger partial charge in [-0.3, -0.25) is 11.3 Å². The summed E-state index contributed by atoms with van der Waals surface area (Å²) >= 11 is 0. The normalized spacial score (nSPS) is 17.6. The third kappa shape index (κ3) is 2.52. The number of hydrogen-bond acceptors (Lipinski definition) is 5. The van der Waals surface area contributed by atoms with Crippen LogP contribution in [0.1, 0.15) is 18.5 Å². The van der Waals surface area contributed by atoms with E-state index in [0.717, 1.165) is 17.1 Å². The molecule has 2 atom stereocenters. The summed E-state index contributed by atoms with van der Waals surface area (Å²) in [6, 6.07) is 5.73. The largest absolute Gasteiger partial charge is 0.486 e. The maximum absolute atomic E-state index is 5.56. The Morgan fingerprint density at radius 2 is 2.00 bits per heavy atom. The molecule has 0 aliphatic carbocycles. The number of hydrogen-bond donors (Lipinski definition) is 2. The number of fused-ring (bicyclic) bond motifs is 1. The molecule has 17 heavy (non-hydrogen) atoms. The molecular formula is C12H18N2O3. The van der Waals surface area contributed by atoms with Gasteiger partial charge < -0.3 is 14.2 Å². The number of methoxy groups -OCH3 is 1. The number of nitrogens with one attached hydrogen (secondary N) is 1. The minimum atomic E-state index is -0.0733. The van der Waals surface area contributed by atoms with E-state index in [9.17, 15) is 0 Å². The summed E-state index contributed by atoms with van der Waals surface area (Å²) in [6.45, 7) is 3.14. The van der Waals surface area contributed by atoms with Crippen LogP contribution >= 0.6 is 0 Å². The van der Waals surface area contributed by atoms with Gasteiger partial charge in [0.1, 0.15) is 13.2 Å². The molecule has 0 aromatic heterocycles. The Balaban J connectivity index is 2.25. The maximum Gasteiger partial charge on any atom is 0.161 e. The van der Waals surface area contributed by atoms with Crippen LogP contribution in [0, 0.1) is 0 Å². The first-order valence-corrected chi connectivity index (χ1v) is 5.64. The molecule has 94 valence electrons. The van der Waals surface area contributed by atoms with Crippen LogP contribution in [-0.4, -0.2) is 26.4 Å². The minimum absolute atomic E-state index is 0.0254. The first kappa shape index (κ1) is 12.2. The van der Waals surface area contributed by atoms with Crippen molar-refractivity contribution in [2.45, 2.75) is 19.1 Å². The summed E-state index contributed by atoms with van der Waals surface area (Å²) in [4.78, 5) is 0. The molecule has 0 bridgehead atoms. The van der Waals surface area contributed by atoms with Crippen LogP contribution in [0.4, 0.5) is 0 Å². The van der Waals surface area contributed by atoms with Crippen molar-refractivity contribution in [2.24, 2.45) is 5.84 Å². The third-order valence-electron chi connectivity index (χ3n) is 2.95. The second kappa shape index (κ2) is 5.35. The van der Waals surface area contributed by atoms with Crippen LogP contribution in [0.2, 0.25) is 0 Å². The van der Waals surface area contributed by atoms with Crippen molar-refractivity contribution in [3.63, 3.8) is 0 Å². The summed E-state index contributed by atoms with van der Waals surface area (Å²) in [6.07, 6.45) is -0.0254. The molecule has 0 saturated heterocycles. The van der Waals surface area contributed by atoms with Crippen molar-refractivity contribution >= 4 is 0 Å². The molecule has 1 heterocycles. The van der Waals surface area contributed by atoms with Gasteiger partial charge in [0.15, 0.2) is 11.5 Å². The lowest BCUT2D eigenvalue weighted by atomic mass is 10.0. The fraction of sp³-hybridized carbons (Fsp3) is 0.500. The van der Waals surface area contributed by atoms with E-state index in [0.29, 0.717) is 13.2 Å². The summed E-state index contributed by atoms with van der Waals surface area (Å²) < 4.78 is 16.3. The van der Waals surface area contributed by atoms with Crippen LogP contribution < -0.4 is 20.7 Å². The Morgan fingerprint density at radius 1 is 1.29 bits per heavy atom. The zero-order valence-electron chi connectivity index (χ0n) is 10.1. The zero-order chi connectivity index (χ0) is 12.3. The summed E-state index contributed by atoms with van der Waals surface area (Å²) in [7, 11) is 1.66. The van der Waals surface area contributed by atoms with E-state index in [1.807, 2.05) is 25.1 Å². The van der Waals surface area contributed by atoms with Crippen molar-refractivity contribution in [3.8, 4) is 11.5 Å². The van der Waals surface area contributed by atoms with Crippen molar-refractivity contribution in [3.05, 3.63) is 23.8 Å². The van der Waals surface area contributed by atoms with E-state index in [2.05, 4.69) is 5.43 Å². The lowest BCUT2D eigenvalue weighted by Gasteiger charge is -2.25. The molecule has 5 heteroatoms. The Hall–Kier alpha value is -1.30. The molecule has 3 N–H and O–H groups in total. The average molecular weight is 238 g/mol. The molecular weight excluding hydrogens is 220 g/mol. The summed E-state index contributed by atoms with van der Waals surface area (Å²) in [5, 5.41) is 0. The summed E-state index contributed by atoms with van der Waals surface area (Å²) in [5.41, 5.74) is 3.77. The van der Waals surface area contributed by atoms with E-state index in [1.165, 1.54) is 0 Å². The highest BCUT2D eigenvalue weighted by molar-refractivity contribution is 5.44. The van der Waals surface area contributed by atoms with E-state index < -0.39 is 0 Å². The highest BCUT2D eigenvalue weighted by Gasteiger charge is 2.20. The topological polar surface area (TPSA) is 65.7 Å². The van der Waals surface area contributed by atoms with E-state index >= 15 is 0 Å². The average Bonchev–Trinajstić information content (AvgIpc) is 2.39. The number of hydrazine groups is 1. The maximum atomic E-state index is 5.56. The van der Waals surface area contributed by atoms with Crippen molar-refractivity contribution < 1.29 is 14.2 Å². The molecule has 1 aromatic carbocycles. The Bertz CT molecular complexity index is 384. The third-order valence-corrected chi connectivity index (χ3v) is 2.95. The van der Waals surface area contributed by atoms with E-state index in [1.54, 1.807) is 7.11 Å². The van der Waals surface area contributed by atoms with Gasteiger partial charge in [-0.2, -0.15) is 0 Å². The fourth-order valence-corrected chi connectivity index (χ4v) is 1.89. The smallest absolute Gasteiger partial charge is 0.161 e. The van der Waals surface area contributed by atoms with Crippen LogP contribution in [0.15, 0.2) is 18.2 Å². The van der Waals surface area contributed by atoms with Gasteiger partial charge in [-0.1, -0.05) is 6.07 Å². The van der Waals surface area contributed by atoms with Gasteiger partial charge in [-0.05, 0) is 24.6 Å². The standard InChI is InChI=1S/C12H18N2O3/c1-8(15-2)12(14-13)9-3-4-10-11(7-9)17-6-5-16-10/h3-4,7-8,12,14H,5-6,13H2,1-2H3. The fourth-order valence-electron chi connectivity index (χ4n) is 1.89. The molecule has 1 aliphatic heterocycles. The highest BCUT2D eigenvalue weighted by atomic mass is 16.6. The molecule has 0 spiro atoms. The summed E-state index contributed by atoms with van der Waals surface area (Å²) in [5.74, 6) is 7.10. The number of nitrogens with two attached hydrogens (primary N) is 1. The van der Waals surface area contributed by atoms with Crippen LogP contribution in [0.5, 0.6) is 11.5 Å². The Kier molecular flexibility index (Phi) is 3.83. The molecule has 5 nitrogen and oxygen atoms in total. The van der Waals surface area contributed by atoms with Gasteiger partial charge in [0.2, 0.25) is 0 Å². The van der Waals surface area contributed by atoms with Crippen LogP contribution in [0.3, 0.4) is 0 Å². The van der Waals surface area contributed by atoms with Gasteiger partial charge in [0.05, 0.1) is 12.1 Å².